The van der Waals surface area contributed by atoms with Crippen LogP contribution in [0, 0.1) is 5.41 Å². The van der Waals surface area contributed by atoms with Gasteiger partial charge in [0.2, 0.25) is 16.9 Å². The highest BCUT2D eigenvalue weighted by atomic mass is 32.2. The monoisotopic (exact) mass is 1220 g/mol. The van der Waals surface area contributed by atoms with Gasteiger partial charge >= 0.3 is 35.4 Å². The van der Waals surface area contributed by atoms with Crippen LogP contribution in [0.4, 0.5) is 5.82 Å². The van der Waals surface area contributed by atoms with Crippen LogP contribution in [-0.4, -0.2) is 173 Å². The van der Waals surface area contributed by atoms with Crippen LogP contribution in [0.1, 0.15) is 65.0 Å². The topological polar surface area (TPSA) is 484 Å². The third-order valence-electron chi connectivity index (χ3n) is 10.8. The number of rotatable bonds is 37. The molecule has 0 spiro atoms. The van der Waals surface area contributed by atoms with Crippen molar-refractivity contribution in [1.29, 1.82) is 0 Å². The summed E-state index contributed by atoms with van der Waals surface area (Å²) < 4.78 is 62.4. The number of fused-ring (bicyclic) bond motifs is 1. The molecule has 35 heteroatoms. The highest BCUT2D eigenvalue weighted by Gasteiger charge is 2.50. The zero-order valence-corrected chi connectivity index (χ0v) is 47.0. The van der Waals surface area contributed by atoms with Crippen molar-refractivity contribution in [3.63, 3.8) is 0 Å². The summed E-state index contributed by atoms with van der Waals surface area (Å²) in [6, 6.07) is -1.10. The highest BCUT2D eigenvalue weighted by Crippen LogP contribution is 2.61. The number of aromatic nitrogens is 4. The van der Waals surface area contributed by atoms with Gasteiger partial charge in [-0.15, -0.1) is 11.8 Å². The molecule has 79 heavy (non-hydrogen) atoms. The molecule has 3 heterocycles. The molecule has 0 aliphatic carbocycles. The van der Waals surface area contributed by atoms with Crippen LogP contribution in [0.2, 0.25) is 0 Å². The van der Waals surface area contributed by atoms with Crippen molar-refractivity contribution in [1.82, 2.24) is 30.2 Å². The molecule has 3 rings (SSSR count). The number of aliphatic carboxylic acids is 2. The quantitative estimate of drug-likeness (QED) is 0.0151. The van der Waals surface area contributed by atoms with Crippen molar-refractivity contribution >= 4 is 92.8 Å². The van der Waals surface area contributed by atoms with Crippen LogP contribution in [-0.2, 0) is 60.3 Å². The van der Waals surface area contributed by atoms with Crippen molar-refractivity contribution in [2.75, 3.05) is 43.5 Å². The maximum atomic E-state index is 12.8. The maximum Gasteiger partial charge on any atom is 0.481 e. The van der Waals surface area contributed by atoms with E-state index in [1.165, 1.54) is 31.7 Å². The minimum Gasteiger partial charge on any atom is -0.481 e. The van der Waals surface area contributed by atoms with E-state index in [1.807, 2.05) is 24.3 Å². The molecule has 1 aliphatic heterocycles. The van der Waals surface area contributed by atoms with E-state index in [1.54, 1.807) is 30.4 Å². The second kappa shape index (κ2) is 33.4. The molecule has 10 atom stereocenters. The molecule has 1 fully saturated rings. The number of amides is 2. The van der Waals surface area contributed by atoms with Crippen LogP contribution in [0.15, 0.2) is 73.4 Å². The number of unbranched alkanes of at least 4 members (excludes halogenated alkanes) is 1. The van der Waals surface area contributed by atoms with Gasteiger partial charge in [-0.1, -0.05) is 80.3 Å². The lowest BCUT2D eigenvalue weighted by Crippen LogP contribution is -2.46. The Morgan fingerprint density at radius 2 is 1.61 bits per heavy atom. The molecule has 0 radical (unpaired) electrons. The Bertz CT molecular complexity index is 2650. The number of anilines is 1. The van der Waals surface area contributed by atoms with Crippen LogP contribution >= 0.6 is 47.0 Å². The first-order valence-electron chi connectivity index (χ1n) is 23.9. The number of nitrogen functional groups attached to an aromatic ring is 1. The molecule has 2 aromatic heterocycles. The van der Waals surface area contributed by atoms with Crippen molar-refractivity contribution in [2.24, 2.45) is 11.1 Å². The zero-order valence-electron chi connectivity index (χ0n) is 42.7. The number of nitrogens with one attached hydrogen (secondary N) is 2. The second-order valence-electron chi connectivity index (χ2n) is 17.7. The molecule has 0 aromatic carbocycles. The van der Waals surface area contributed by atoms with E-state index in [9.17, 15) is 72.6 Å². The van der Waals surface area contributed by atoms with Gasteiger partial charge in [-0.05, 0) is 38.2 Å². The van der Waals surface area contributed by atoms with Crippen LogP contribution in [0.25, 0.3) is 11.2 Å². The van der Waals surface area contributed by atoms with E-state index in [0.29, 0.717) is 19.3 Å². The van der Waals surface area contributed by atoms with Gasteiger partial charge in [-0.2, -0.15) is 4.31 Å². The number of hydrogen-bond acceptors (Lipinski definition) is 23. The number of allylic oxidation sites excluding steroid dienone is 8. The largest absolute Gasteiger partial charge is 0.481 e. The minimum absolute atomic E-state index is 0.0153. The van der Waals surface area contributed by atoms with E-state index >= 15 is 0 Å². The number of imidazole rings is 1. The van der Waals surface area contributed by atoms with Gasteiger partial charge in [0.25, 0.3) is 0 Å². The normalized spacial score (nSPS) is 20.5. The van der Waals surface area contributed by atoms with Gasteiger partial charge in [0, 0.05) is 48.1 Å². The Hall–Kier alpha value is -4.53. The Kier molecular flexibility index (Phi) is 29.1. The molecular weight excluding hydrogens is 1150 g/mol. The molecule has 1 saturated heterocycles. The fraction of sp³-hybridized carbons (Fsp3) is 0.545. The Balaban J connectivity index is 1.31. The number of carboxylic acid groups (broad SMARTS) is 2. The van der Waals surface area contributed by atoms with Crippen molar-refractivity contribution < 1.29 is 105 Å². The third kappa shape index (κ3) is 25.9. The van der Waals surface area contributed by atoms with E-state index in [-0.39, 0.29) is 72.4 Å². The van der Waals surface area contributed by atoms with Crippen molar-refractivity contribution in [3.8, 4) is 0 Å². The first-order chi connectivity index (χ1) is 37.0. The number of aliphatic hydroxyl groups is 3. The lowest BCUT2D eigenvalue weighted by molar-refractivity contribution is -0.138. The predicted octanol–water partition coefficient (Wildman–Crippen LogP) is 1.75. The molecule has 0 bridgehead atoms. The number of aliphatic hydroxyl groups excluding tert-OH is 3. The molecule has 1 aliphatic rings. The smallest absolute Gasteiger partial charge is 0.481 e. The number of phosphoric ester groups is 3. The second-order valence-corrected chi connectivity index (χ2v) is 24.3. The number of carbonyl (C=O) groups excluding carboxylic acids is 3. The van der Waals surface area contributed by atoms with Gasteiger partial charge in [-0.25, -0.2) is 28.6 Å². The number of hydrogen-bond donors (Lipinski definition) is 13. The summed E-state index contributed by atoms with van der Waals surface area (Å²) in [5.41, 5.74) is 9.79. The summed E-state index contributed by atoms with van der Waals surface area (Å²) in [5.74, 6) is -3.36. The van der Waals surface area contributed by atoms with Gasteiger partial charge < -0.3 is 71.9 Å². The third-order valence-corrected chi connectivity index (χ3v) is 16.1. The summed E-state index contributed by atoms with van der Waals surface area (Å²) in [7, 11) is -16.5. The molecule has 3 unspecified atom stereocenters. The maximum absolute atomic E-state index is 12.8. The SMILES string of the molecule is CC(C)(COP(=O)(O)OP(=O)(O)OC[C@H]1O[C@@H](n2cnc3c(N)ncnc32)[C@@H](O)[C@H]1OP(=O)(O)O)C(O)C(=O)NCCC(=O)NCCSC(=O)/C=C/CC/C=C\C\C=C/C=C/C=C/[C@@H](SC[C@@H](N)C(=O)O)[C@@H](O)CCCC(=O)O. The zero-order chi connectivity index (χ0) is 59.0. The van der Waals surface area contributed by atoms with Gasteiger partial charge in [-0.3, -0.25) is 42.1 Å². The van der Waals surface area contributed by atoms with Crippen LogP contribution in [0.5, 0.6) is 0 Å². The fourth-order valence-corrected chi connectivity index (χ4v) is 11.2. The van der Waals surface area contributed by atoms with E-state index in [0.717, 1.165) is 29.0 Å². The number of ether oxygens (including phenoxy) is 1. The molecule has 30 nitrogen and oxygen atoms in total. The van der Waals surface area contributed by atoms with Crippen LogP contribution in [0.3, 0.4) is 0 Å². The van der Waals surface area contributed by atoms with Crippen molar-refractivity contribution in [3.05, 3.63) is 73.4 Å². The summed E-state index contributed by atoms with van der Waals surface area (Å²) in [6.45, 7) is 0.278. The van der Waals surface area contributed by atoms with Gasteiger partial charge in [0.1, 0.15) is 42.3 Å². The Morgan fingerprint density at radius 1 is 0.911 bits per heavy atom. The number of nitrogens with zero attached hydrogens (tertiary/aromatic N) is 4. The Labute approximate surface area is 461 Å². The number of carboxylic acids is 2. The molecule has 15 N–H and O–H groups in total. The lowest BCUT2D eigenvalue weighted by Gasteiger charge is -2.30. The van der Waals surface area contributed by atoms with E-state index in [4.69, 9.17) is 35.5 Å². The van der Waals surface area contributed by atoms with Gasteiger partial charge in [0.15, 0.2) is 17.7 Å². The number of phosphoric acid groups is 3. The molecular formula is C44H67N8O22P3S2. The average Bonchev–Trinajstić information content (AvgIpc) is 4.13. The number of nitrogens with two attached hydrogens (primary N) is 2. The minimum atomic E-state index is -5.61. The molecule has 0 saturated carbocycles. The summed E-state index contributed by atoms with van der Waals surface area (Å²) in [4.78, 5) is 110. The molecule has 2 aromatic rings. The van der Waals surface area contributed by atoms with Crippen molar-refractivity contribution in [2.45, 2.75) is 107 Å². The Morgan fingerprint density at radius 3 is 2.30 bits per heavy atom. The molecule has 442 valence electrons. The summed E-state index contributed by atoms with van der Waals surface area (Å²) in [5, 5.41) is 54.2. The first-order valence-corrected chi connectivity index (χ1v) is 30.4. The van der Waals surface area contributed by atoms with Crippen LogP contribution < -0.4 is 22.1 Å². The van der Waals surface area contributed by atoms with Gasteiger partial charge in [0.05, 0.1) is 25.6 Å². The van der Waals surface area contributed by atoms with E-state index < -0.39 is 114 Å². The standard InChI is InChI=1S/C44H67N8O22P3S2/c1-44(2,25-71-77(68,69)74-76(66,67)70-23-30-37(73-75(63,64)65)36(58)42(72-30)52-27-51-35-39(46)49-26-50-40(35)52)38(59)41(60)48-20-19-32(54)47-21-22-78-34(57)18-13-11-9-7-5-3-4-6-8-10-12-16-31(79-24-28(45)43(61)62)29(53)15-14-17-33(55)56/h4-8,10,12-13,16,18,26-31,36-38,42,53,58-59H,3,9,11,14-15,17,19-25,45H2,1-2H3,(H,47,54)(H,48,60)(H,55,56)(H,61,62)(H,66,67)(H,68,69)(H2,46,49,50)(H2,63,64,65)/b6-4-,7-5-,10-8+,16-12+,18-13+/t28-,29+,30-,31-,36+,37+,38?,42-/m1/s1. The summed E-state index contributed by atoms with van der Waals surface area (Å²) >= 11 is 2.16. The summed E-state index contributed by atoms with van der Waals surface area (Å²) in [6.07, 6.45) is 12.1. The first kappa shape index (κ1) is 68.7. The number of thioether (sulfide) groups is 2. The van der Waals surface area contributed by atoms with E-state index in [2.05, 4.69) is 34.4 Å². The highest BCUT2D eigenvalue weighted by molar-refractivity contribution is 8.14. The predicted molar refractivity (Wildman–Crippen MR) is 286 cm³/mol. The lowest BCUT2D eigenvalue weighted by atomic mass is 9.87. The fourth-order valence-electron chi connectivity index (χ4n) is 6.66. The average molecular weight is 1220 g/mol. The molecule has 2 amide bonds. The number of carbonyl (C=O) groups is 5.